The number of rotatable bonds is 18. The van der Waals surface area contributed by atoms with Crippen molar-refractivity contribution >= 4 is 12.2 Å². The first-order valence-corrected chi connectivity index (χ1v) is 13.1. The molecular formula is C30H44O3. The third-order valence-corrected chi connectivity index (χ3v) is 5.80. The Bertz CT molecular complexity index is 743. The molecule has 0 spiro atoms. The minimum absolute atomic E-state index is 0.280. The van der Waals surface area contributed by atoms with E-state index >= 15 is 0 Å². The number of benzene rings is 2. The first-order valence-electron chi connectivity index (χ1n) is 13.1. The molecule has 2 aromatic rings. The zero-order valence-electron chi connectivity index (χ0n) is 20.9. The molecule has 0 aromatic heterocycles. The van der Waals surface area contributed by atoms with Gasteiger partial charge in [0.2, 0.25) is 0 Å². The Morgan fingerprint density at radius 2 is 1.03 bits per heavy atom. The molecule has 0 amide bonds. The van der Waals surface area contributed by atoms with Gasteiger partial charge in [0, 0.05) is 6.07 Å². The van der Waals surface area contributed by atoms with Crippen LogP contribution < -0.4 is 9.47 Å². The van der Waals surface area contributed by atoms with E-state index in [0.717, 1.165) is 48.7 Å². The van der Waals surface area contributed by atoms with Gasteiger partial charge in [-0.2, -0.15) is 0 Å². The lowest BCUT2D eigenvalue weighted by atomic mass is 10.1. The highest BCUT2D eigenvalue weighted by Gasteiger charge is 2.03. The summed E-state index contributed by atoms with van der Waals surface area (Å²) in [7, 11) is 0. The fraction of sp³-hybridized carbons (Fsp3) is 0.533. The molecule has 0 saturated carbocycles. The molecule has 1 N–H and O–H groups in total. The van der Waals surface area contributed by atoms with Gasteiger partial charge in [0.05, 0.1) is 13.2 Å². The highest BCUT2D eigenvalue weighted by atomic mass is 16.5. The molecule has 0 bridgehead atoms. The predicted octanol–water partition coefficient (Wildman–Crippen LogP) is 9.04. The zero-order chi connectivity index (χ0) is 23.6. The molecule has 2 aromatic carbocycles. The van der Waals surface area contributed by atoms with E-state index in [1.54, 1.807) is 12.1 Å². The average Bonchev–Trinajstić information content (AvgIpc) is 2.82. The van der Waals surface area contributed by atoms with Crippen molar-refractivity contribution in [3.63, 3.8) is 0 Å². The van der Waals surface area contributed by atoms with Gasteiger partial charge in [-0.15, -0.1) is 0 Å². The smallest absolute Gasteiger partial charge is 0.123 e. The fourth-order valence-electron chi connectivity index (χ4n) is 3.78. The van der Waals surface area contributed by atoms with Crippen molar-refractivity contribution in [2.75, 3.05) is 13.2 Å². The van der Waals surface area contributed by atoms with E-state index in [0.29, 0.717) is 0 Å². The topological polar surface area (TPSA) is 38.7 Å². The summed E-state index contributed by atoms with van der Waals surface area (Å²) in [5.41, 5.74) is 2.10. The Hall–Kier alpha value is -2.42. The molecule has 0 fully saturated rings. The standard InChI is InChI=1S/C30H44O3/c1-3-5-7-9-11-13-21-32-29-23-27(16-15-26-17-19-28(31)20-18-26)24-30(25-29)33-22-14-12-10-8-6-4-2/h15-20,23-25,31H,3-14,21-22H2,1-2H3/b16-15+. The molecule has 0 heterocycles. The van der Waals surface area contributed by atoms with Crippen LogP contribution in [-0.2, 0) is 0 Å². The molecule has 0 radical (unpaired) electrons. The fourth-order valence-corrected chi connectivity index (χ4v) is 3.78. The highest BCUT2D eigenvalue weighted by Crippen LogP contribution is 2.25. The molecule has 33 heavy (non-hydrogen) atoms. The van der Waals surface area contributed by atoms with E-state index < -0.39 is 0 Å². The van der Waals surface area contributed by atoms with E-state index in [2.05, 4.69) is 32.1 Å². The Morgan fingerprint density at radius 1 is 0.576 bits per heavy atom. The number of phenolic OH excluding ortho intramolecular Hbond substituents is 1. The van der Waals surface area contributed by atoms with Crippen molar-refractivity contribution in [2.45, 2.75) is 90.9 Å². The van der Waals surface area contributed by atoms with Gasteiger partial charge < -0.3 is 14.6 Å². The first kappa shape index (κ1) is 26.8. The molecule has 3 nitrogen and oxygen atoms in total. The summed E-state index contributed by atoms with van der Waals surface area (Å²) in [6, 6.07) is 13.4. The maximum Gasteiger partial charge on any atom is 0.123 e. The molecular weight excluding hydrogens is 408 g/mol. The van der Waals surface area contributed by atoms with Crippen LogP contribution in [-0.4, -0.2) is 18.3 Å². The van der Waals surface area contributed by atoms with Crippen LogP contribution in [0.4, 0.5) is 0 Å². The van der Waals surface area contributed by atoms with Gasteiger partial charge in [-0.05, 0) is 48.2 Å². The van der Waals surface area contributed by atoms with E-state index in [4.69, 9.17) is 9.47 Å². The van der Waals surface area contributed by atoms with Gasteiger partial charge in [-0.3, -0.25) is 0 Å². The van der Waals surface area contributed by atoms with Crippen molar-refractivity contribution < 1.29 is 14.6 Å². The van der Waals surface area contributed by atoms with Crippen LogP contribution in [0.1, 0.15) is 102 Å². The molecule has 0 atom stereocenters. The maximum absolute atomic E-state index is 9.48. The quantitative estimate of drug-likeness (QED) is 0.181. The number of unbranched alkanes of at least 4 members (excludes halogenated alkanes) is 10. The average molecular weight is 453 g/mol. The molecule has 0 saturated heterocycles. The predicted molar refractivity (Wildman–Crippen MR) is 141 cm³/mol. The Labute approximate surface area is 201 Å². The lowest BCUT2D eigenvalue weighted by Gasteiger charge is -2.12. The lowest BCUT2D eigenvalue weighted by molar-refractivity contribution is 0.289. The number of phenols is 1. The molecule has 0 aliphatic rings. The summed E-state index contributed by atoms with van der Waals surface area (Å²) in [4.78, 5) is 0. The Morgan fingerprint density at radius 3 is 1.55 bits per heavy atom. The normalized spacial score (nSPS) is 11.2. The van der Waals surface area contributed by atoms with E-state index in [1.807, 2.05) is 24.3 Å². The third kappa shape index (κ3) is 12.4. The second-order valence-corrected chi connectivity index (χ2v) is 8.90. The van der Waals surface area contributed by atoms with Gasteiger partial charge in [0.25, 0.3) is 0 Å². The highest BCUT2D eigenvalue weighted by molar-refractivity contribution is 5.71. The van der Waals surface area contributed by atoms with Crippen molar-refractivity contribution in [3.05, 3.63) is 53.6 Å². The van der Waals surface area contributed by atoms with Crippen molar-refractivity contribution in [1.29, 1.82) is 0 Å². The molecule has 0 unspecified atom stereocenters. The number of hydrogen-bond donors (Lipinski definition) is 1. The van der Waals surface area contributed by atoms with E-state index in [-0.39, 0.29) is 5.75 Å². The van der Waals surface area contributed by atoms with Crippen LogP contribution in [0.25, 0.3) is 12.2 Å². The summed E-state index contributed by atoms with van der Waals surface area (Å²) in [5, 5.41) is 9.48. The summed E-state index contributed by atoms with van der Waals surface area (Å²) < 4.78 is 12.2. The number of aromatic hydroxyl groups is 1. The van der Waals surface area contributed by atoms with Crippen LogP contribution >= 0.6 is 0 Å². The Balaban J connectivity index is 1.92. The summed E-state index contributed by atoms with van der Waals surface area (Å²) in [6.07, 6.45) is 19.2. The minimum atomic E-state index is 0.280. The van der Waals surface area contributed by atoms with Crippen LogP contribution in [0.15, 0.2) is 42.5 Å². The minimum Gasteiger partial charge on any atom is -0.508 e. The SMILES string of the molecule is CCCCCCCCOc1cc(/C=C/c2ccc(O)cc2)cc(OCCCCCCCC)c1. The monoisotopic (exact) mass is 452 g/mol. The lowest BCUT2D eigenvalue weighted by Crippen LogP contribution is -2.00. The largest absolute Gasteiger partial charge is 0.508 e. The van der Waals surface area contributed by atoms with Crippen molar-refractivity contribution in [1.82, 2.24) is 0 Å². The summed E-state index contributed by atoms with van der Waals surface area (Å²) in [6.45, 7) is 5.99. The second kappa shape index (κ2) is 17.1. The van der Waals surface area contributed by atoms with Crippen LogP contribution in [0.2, 0.25) is 0 Å². The van der Waals surface area contributed by atoms with Crippen LogP contribution in [0.3, 0.4) is 0 Å². The van der Waals surface area contributed by atoms with E-state index in [9.17, 15) is 5.11 Å². The van der Waals surface area contributed by atoms with Crippen LogP contribution in [0.5, 0.6) is 17.2 Å². The number of ether oxygens (including phenoxy) is 2. The third-order valence-electron chi connectivity index (χ3n) is 5.80. The molecule has 3 heteroatoms. The van der Waals surface area contributed by atoms with Crippen molar-refractivity contribution in [2.24, 2.45) is 0 Å². The zero-order valence-corrected chi connectivity index (χ0v) is 20.9. The van der Waals surface area contributed by atoms with Gasteiger partial charge in [-0.25, -0.2) is 0 Å². The molecule has 2 rings (SSSR count). The maximum atomic E-state index is 9.48. The van der Waals surface area contributed by atoms with Crippen LogP contribution in [0, 0.1) is 0 Å². The van der Waals surface area contributed by atoms with Gasteiger partial charge >= 0.3 is 0 Å². The van der Waals surface area contributed by atoms with Crippen molar-refractivity contribution in [3.8, 4) is 17.2 Å². The van der Waals surface area contributed by atoms with Gasteiger partial charge in [0.1, 0.15) is 17.2 Å². The summed E-state index contributed by atoms with van der Waals surface area (Å²) >= 11 is 0. The molecule has 0 aliphatic carbocycles. The van der Waals surface area contributed by atoms with Gasteiger partial charge in [0.15, 0.2) is 0 Å². The van der Waals surface area contributed by atoms with Gasteiger partial charge in [-0.1, -0.05) is 102 Å². The summed E-state index contributed by atoms with van der Waals surface area (Å²) in [5.74, 6) is 2.02. The molecule has 0 aliphatic heterocycles. The second-order valence-electron chi connectivity index (χ2n) is 8.90. The Kier molecular flexibility index (Phi) is 13.9. The first-order chi connectivity index (χ1) is 16.2. The molecule has 182 valence electrons. The van der Waals surface area contributed by atoms with E-state index in [1.165, 1.54) is 64.2 Å². The number of hydrogen-bond acceptors (Lipinski definition) is 3.